The lowest BCUT2D eigenvalue weighted by molar-refractivity contribution is 0.0930. The Balaban J connectivity index is 1.72. The van der Waals surface area contributed by atoms with E-state index in [0.29, 0.717) is 12.0 Å². The molecule has 23 heavy (non-hydrogen) atoms. The highest BCUT2D eigenvalue weighted by molar-refractivity contribution is 5.84. The van der Waals surface area contributed by atoms with Gasteiger partial charge in [0.2, 0.25) is 0 Å². The van der Waals surface area contributed by atoms with Gasteiger partial charge in [0, 0.05) is 30.9 Å². The van der Waals surface area contributed by atoms with Gasteiger partial charge in [-0.25, -0.2) is 4.98 Å². The Morgan fingerprint density at radius 1 is 1.09 bits per heavy atom. The van der Waals surface area contributed by atoms with Gasteiger partial charge in [-0.3, -0.25) is 4.90 Å². The number of ether oxygens (including phenoxy) is 1. The summed E-state index contributed by atoms with van der Waals surface area (Å²) in [4.78, 5) is 9.88. The smallest absolute Gasteiger partial charge is 0.129 e. The lowest BCUT2D eigenvalue weighted by Gasteiger charge is -2.31. The van der Waals surface area contributed by atoms with Crippen LogP contribution in [-0.2, 0) is 4.74 Å². The number of fused-ring (bicyclic) bond motifs is 4. The zero-order valence-electron chi connectivity index (χ0n) is 14.2. The SMILES string of the molecule is Cc1ccc2nc(N3C[C@@H]4COC[C@H](C3)N(C)C4)cc(C)c2c1. The van der Waals surface area contributed by atoms with Gasteiger partial charge < -0.3 is 9.64 Å². The highest BCUT2D eigenvalue weighted by Gasteiger charge is 2.32. The topological polar surface area (TPSA) is 28.6 Å². The van der Waals surface area contributed by atoms with E-state index >= 15 is 0 Å². The fourth-order valence-corrected chi connectivity index (χ4v) is 3.89. The van der Waals surface area contributed by atoms with Gasteiger partial charge in [0.1, 0.15) is 5.82 Å². The zero-order chi connectivity index (χ0) is 16.0. The summed E-state index contributed by atoms with van der Waals surface area (Å²) in [6.07, 6.45) is 0. The van der Waals surface area contributed by atoms with Crippen molar-refractivity contribution in [2.45, 2.75) is 19.9 Å². The Hall–Kier alpha value is -1.65. The molecule has 122 valence electrons. The first-order valence-electron chi connectivity index (χ1n) is 8.51. The summed E-state index contributed by atoms with van der Waals surface area (Å²) in [6, 6.07) is 9.24. The summed E-state index contributed by atoms with van der Waals surface area (Å²) in [6.45, 7) is 9.17. The number of pyridine rings is 1. The summed E-state index contributed by atoms with van der Waals surface area (Å²) in [5.74, 6) is 1.68. The summed E-state index contributed by atoms with van der Waals surface area (Å²) in [7, 11) is 2.22. The van der Waals surface area contributed by atoms with Gasteiger partial charge in [-0.05, 0) is 44.7 Å². The molecular weight excluding hydrogens is 286 g/mol. The largest absolute Gasteiger partial charge is 0.379 e. The van der Waals surface area contributed by atoms with E-state index in [1.807, 2.05) is 0 Å². The molecule has 2 atom stereocenters. The van der Waals surface area contributed by atoms with E-state index < -0.39 is 0 Å². The van der Waals surface area contributed by atoms with E-state index in [4.69, 9.17) is 9.72 Å². The molecule has 2 aliphatic rings. The minimum absolute atomic E-state index is 0.457. The predicted octanol–water partition coefficient (Wildman–Crippen LogP) is 2.62. The second-order valence-electron chi connectivity index (χ2n) is 7.22. The first-order valence-corrected chi connectivity index (χ1v) is 8.51. The lowest BCUT2D eigenvalue weighted by atomic mass is 10.1. The molecule has 1 aromatic carbocycles. The summed E-state index contributed by atoms with van der Waals surface area (Å²) in [5, 5.41) is 1.27. The molecule has 2 aliphatic heterocycles. The maximum Gasteiger partial charge on any atom is 0.129 e. The van der Waals surface area contributed by atoms with Crippen LogP contribution in [0.15, 0.2) is 24.3 Å². The number of hydrogen-bond acceptors (Lipinski definition) is 4. The van der Waals surface area contributed by atoms with Gasteiger partial charge >= 0.3 is 0 Å². The fourth-order valence-electron chi connectivity index (χ4n) is 3.89. The molecule has 0 saturated carbocycles. The quantitative estimate of drug-likeness (QED) is 0.809. The molecule has 4 heteroatoms. The molecule has 2 fully saturated rings. The average Bonchev–Trinajstić information content (AvgIpc) is 2.76. The van der Waals surface area contributed by atoms with Gasteiger partial charge in [0.15, 0.2) is 0 Å². The molecule has 0 unspecified atom stereocenters. The number of nitrogens with zero attached hydrogens (tertiary/aromatic N) is 3. The third-order valence-electron chi connectivity index (χ3n) is 5.22. The Labute approximate surface area is 138 Å². The van der Waals surface area contributed by atoms with Crippen LogP contribution in [0.4, 0.5) is 5.82 Å². The van der Waals surface area contributed by atoms with Crippen molar-refractivity contribution in [1.29, 1.82) is 0 Å². The van der Waals surface area contributed by atoms with Crippen molar-refractivity contribution in [3.8, 4) is 0 Å². The Morgan fingerprint density at radius 3 is 2.83 bits per heavy atom. The molecular formula is C19H25N3O. The maximum absolute atomic E-state index is 5.83. The molecule has 1 aromatic heterocycles. The molecule has 0 radical (unpaired) electrons. The van der Waals surface area contributed by atoms with Crippen molar-refractivity contribution in [3.63, 3.8) is 0 Å². The van der Waals surface area contributed by atoms with E-state index in [-0.39, 0.29) is 0 Å². The Bertz CT molecular complexity index is 730. The van der Waals surface area contributed by atoms with Gasteiger partial charge in [-0.2, -0.15) is 0 Å². The maximum atomic E-state index is 5.83. The van der Waals surface area contributed by atoms with E-state index in [0.717, 1.165) is 44.2 Å². The molecule has 0 amide bonds. The fraction of sp³-hybridized carbons (Fsp3) is 0.526. The van der Waals surface area contributed by atoms with Crippen molar-refractivity contribution in [2.75, 3.05) is 44.8 Å². The van der Waals surface area contributed by atoms with Gasteiger partial charge in [-0.15, -0.1) is 0 Å². The number of hydrogen-bond donors (Lipinski definition) is 0. The van der Waals surface area contributed by atoms with E-state index in [2.05, 4.69) is 55.0 Å². The second-order valence-corrected chi connectivity index (χ2v) is 7.22. The molecule has 0 N–H and O–H groups in total. The highest BCUT2D eigenvalue weighted by Crippen LogP contribution is 2.27. The number of likely N-dealkylation sites (N-methyl/N-ethyl adjacent to an activating group) is 1. The van der Waals surface area contributed by atoms with Crippen molar-refractivity contribution < 1.29 is 4.74 Å². The summed E-state index contributed by atoms with van der Waals surface area (Å²) >= 11 is 0. The summed E-state index contributed by atoms with van der Waals surface area (Å²) < 4.78 is 5.83. The van der Waals surface area contributed by atoms with Crippen LogP contribution in [-0.4, -0.2) is 55.8 Å². The molecule has 4 rings (SSSR count). The van der Waals surface area contributed by atoms with E-state index in [9.17, 15) is 0 Å². The number of benzene rings is 1. The van der Waals surface area contributed by atoms with Crippen LogP contribution in [0, 0.1) is 19.8 Å². The Morgan fingerprint density at radius 2 is 1.96 bits per heavy atom. The molecule has 3 heterocycles. The first kappa shape index (κ1) is 14.9. The molecule has 4 nitrogen and oxygen atoms in total. The molecule has 2 bridgehead atoms. The van der Waals surface area contributed by atoms with Crippen LogP contribution in [0.1, 0.15) is 11.1 Å². The predicted molar refractivity (Wildman–Crippen MR) is 94.2 cm³/mol. The van der Waals surface area contributed by atoms with Crippen molar-refractivity contribution >= 4 is 16.7 Å². The average molecular weight is 311 g/mol. The van der Waals surface area contributed by atoms with E-state index in [1.165, 1.54) is 16.5 Å². The first-order chi connectivity index (χ1) is 11.1. The van der Waals surface area contributed by atoms with Crippen LogP contribution in [0.25, 0.3) is 10.9 Å². The standard InChI is InChI=1S/C19H25N3O/c1-13-4-5-18-17(6-13)14(2)7-19(20-18)22-9-15-8-21(3)16(10-22)12-23-11-15/h4-7,15-16H,8-12H2,1-3H3/t15-,16+/m1/s1. The third kappa shape index (κ3) is 2.81. The van der Waals surface area contributed by atoms with Crippen LogP contribution in [0.3, 0.4) is 0 Å². The minimum atomic E-state index is 0.457. The van der Waals surface area contributed by atoms with Gasteiger partial charge in [0.25, 0.3) is 0 Å². The zero-order valence-corrected chi connectivity index (χ0v) is 14.2. The molecule has 0 aliphatic carbocycles. The van der Waals surface area contributed by atoms with Crippen LogP contribution in [0.5, 0.6) is 0 Å². The minimum Gasteiger partial charge on any atom is -0.379 e. The van der Waals surface area contributed by atoms with Crippen LogP contribution >= 0.6 is 0 Å². The molecule has 2 aromatic rings. The monoisotopic (exact) mass is 311 g/mol. The van der Waals surface area contributed by atoms with Crippen molar-refractivity contribution in [2.24, 2.45) is 5.92 Å². The molecule has 0 spiro atoms. The third-order valence-corrected chi connectivity index (χ3v) is 5.22. The van der Waals surface area contributed by atoms with Gasteiger partial charge in [0.05, 0.1) is 24.8 Å². The number of aryl methyl sites for hydroxylation is 2. The number of aromatic nitrogens is 1. The number of anilines is 1. The highest BCUT2D eigenvalue weighted by atomic mass is 16.5. The van der Waals surface area contributed by atoms with Gasteiger partial charge in [-0.1, -0.05) is 11.6 Å². The molecule has 2 saturated heterocycles. The lowest BCUT2D eigenvalue weighted by Crippen LogP contribution is -2.42. The number of rotatable bonds is 1. The second kappa shape index (κ2) is 5.77. The Kier molecular flexibility index (Phi) is 3.74. The van der Waals surface area contributed by atoms with Crippen molar-refractivity contribution in [1.82, 2.24) is 9.88 Å². The van der Waals surface area contributed by atoms with E-state index in [1.54, 1.807) is 0 Å². The van der Waals surface area contributed by atoms with Crippen LogP contribution < -0.4 is 4.90 Å². The van der Waals surface area contributed by atoms with Crippen LogP contribution in [0.2, 0.25) is 0 Å². The normalized spacial score (nSPS) is 25.6. The summed E-state index contributed by atoms with van der Waals surface area (Å²) in [5.41, 5.74) is 3.70. The van der Waals surface area contributed by atoms with Crippen molar-refractivity contribution in [3.05, 3.63) is 35.4 Å².